The molecule has 122 valence electrons. The first-order chi connectivity index (χ1) is 10.5. The minimum atomic E-state index is -0.707. The zero-order valence-corrected chi connectivity index (χ0v) is 13.2. The zero-order chi connectivity index (χ0) is 16.1. The van der Waals surface area contributed by atoms with Crippen LogP contribution in [0.4, 0.5) is 0 Å². The molecule has 0 spiro atoms. The van der Waals surface area contributed by atoms with Gasteiger partial charge in [-0.3, -0.25) is 4.79 Å². The van der Waals surface area contributed by atoms with Crippen LogP contribution in [0.15, 0.2) is 24.3 Å². The fourth-order valence-electron chi connectivity index (χ4n) is 2.75. The van der Waals surface area contributed by atoms with Crippen LogP contribution in [0, 0.1) is 5.92 Å². The predicted molar refractivity (Wildman–Crippen MR) is 84.0 cm³/mol. The number of rotatable bonds is 6. The highest BCUT2D eigenvalue weighted by Gasteiger charge is 2.25. The molecule has 22 heavy (non-hydrogen) atoms. The molecule has 0 amide bonds. The molecule has 5 nitrogen and oxygen atoms in total. The van der Waals surface area contributed by atoms with Crippen LogP contribution in [0.2, 0.25) is 0 Å². The quantitative estimate of drug-likeness (QED) is 0.844. The highest BCUT2D eigenvalue weighted by Crippen LogP contribution is 2.22. The Balaban J connectivity index is 1.84. The summed E-state index contributed by atoms with van der Waals surface area (Å²) in [6.45, 7) is 5.94. The highest BCUT2D eigenvalue weighted by atomic mass is 16.5. The molecule has 1 heterocycles. The van der Waals surface area contributed by atoms with Gasteiger partial charge in [-0.1, -0.05) is 12.1 Å². The Hall–Kier alpha value is -1.59. The average Bonchev–Trinajstić information content (AvgIpc) is 2.48. The van der Waals surface area contributed by atoms with E-state index in [1.54, 1.807) is 0 Å². The topological polar surface area (TPSA) is 70.0 Å². The Kier molecular flexibility index (Phi) is 5.80. The Morgan fingerprint density at radius 1 is 1.27 bits per heavy atom. The van der Waals surface area contributed by atoms with Crippen LogP contribution in [0.1, 0.15) is 38.4 Å². The van der Waals surface area contributed by atoms with Crippen molar-refractivity contribution in [3.05, 3.63) is 29.8 Å². The maximum atomic E-state index is 10.9. The molecule has 0 aromatic heterocycles. The van der Waals surface area contributed by atoms with E-state index in [1.807, 2.05) is 38.1 Å². The molecule has 1 aliphatic heterocycles. The number of hydrogen-bond donors (Lipinski definition) is 2. The molecule has 0 saturated carbocycles. The number of carboxylic acids is 1. The van der Waals surface area contributed by atoms with Gasteiger partial charge in [-0.15, -0.1) is 0 Å². The number of aliphatic hydroxyl groups excluding tert-OH is 1. The third kappa shape index (κ3) is 4.71. The molecule has 1 saturated heterocycles. The van der Waals surface area contributed by atoms with Gasteiger partial charge in [0.15, 0.2) is 0 Å². The number of β-amino-alcohol motifs (C(OH)–C–C–N with tert-alkyl or cyclic N) is 1. The van der Waals surface area contributed by atoms with Crippen molar-refractivity contribution in [3.63, 3.8) is 0 Å². The number of nitrogens with zero attached hydrogens (tertiary/aromatic N) is 1. The molecular weight excluding hydrogens is 282 g/mol. The lowest BCUT2D eigenvalue weighted by molar-refractivity contribution is -0.143. The van der Waals surface area contributed by atoms with Gasteiger partial charge < -0.3 is 19.8 Å². The summed E-state index contributed by atoms with van der Waals surface area (Å²) in [6, 6.07) is 7.50. The number of aliphatic carboxylic acids is 1. The summed E-state index contributed by atoms with van der Waals surface area (Å²) in [6.07, 6.45) is 0.882. The average molecular weight is 307 g/mol. The van der Waals surface area contributed by atoms with Crippen molar-refractivity contribution in [1.29, 1.82) is 0 Å². The van der Waals surface area contributed by atoms with E-state index in [2.05, 4.69) is 4.90 Å². The number of ether oxygens (including phenoxy) is 1. The van der Waals surface area contributed by atoms with E-state index in [-0.39, 0.29) is 12.0 Å². The molecule has 1 fully saturated rings. The monoisotopic (exact) mass is 307 g/mol. The number of piperidine rings is 1. The second-order valence-electron chi connectivity index (χ2n) is 6.16. The Morgan fingerprint density at radius 2 is 1.86 bits per heavy atom. The summed E-state index contributed by atoms with van der Waals surface area (Å²) in [4.78, 5) is 13.1. The fraction of sp³-hybridized carbons (Fsp3) is 0.588. The fourth-order valence-corrected chi connectivity index (χ4v) is 2.75. The number of aliphatic hydroxyl groups is 1. The summed E-state index contributed by atoms with van der Waals surface area (Å²) >= 11 is 0. The summed E-state index contributed by atoms with van der Waals surface area (Å²) in [7, 11) is 0. The van der Waals surface area contributed by atoms with Gasteiger partial charge in [0.05, 0.1) is 18.1 Å². The Morgan fingerprint density at radius 3 is 2.36 bits per heavy atom. The van der Waals surface area contributed by atoms with E-state index in [0.29, 0.717) is 19.4 Å². The lowest BCUT2D eigenvalue weighted by Gasteiger charge is -2.31. The van der Waals surface area contributed by atoms with Crippen LogP contribution < -0.4 is 4.74 Å². The van der Waals surface area contributed by atoms with Crippen molar-refractivity contribution in [1.82, 2.24) is 4.90 Å². The van der Waals surface area contributed by atoms with Gasteiger partial charge in [0.1, 0.15) is 5.75 Å². The molecule has 1 unspecified atom stereocenters. The van der Waals surface area contributed by atoms with Crippen molar-refractivity contribution < 1.29 is 19.7 Å². The second-order valence-corrected chi connectivity index (χ2v) is 6.16. The van der Waals surface area contributed by atoms with Crippen LogP contribution in [0.25, 0.3) is 0 Å². The number of carboxylic acid groups (broad SMARTS) is 1. The van der Waals surface area contributed by atoms with Crippen molar-refractivity contribution in [2.45, 2.75) is 38.9 Å². The molecule has 2 N–H and O–H groups in total. The minimum Gasteiger partial charge on any atom is -0.491 e. The molecule has 5 heteroatoms. The number of carbonyl (C=O) groups is 1. The third-order valence-electron chi connectivity index (χ3n) is 4.00. The minimum absolute atomic E-state index is 0.131. The molecule has 1 aromatic carbocycles. The normalized spacial score (nSPS) is 18.4. The summed E-state index contributed by atoms with van der Waals surface area (Å²) < 4.78 is 5.59. The standard InChI is InChI=1S/C17H25NO4/c1-12(2)22-15-5-3-13(4-6-15)16(19)11-18-9-7-14(8-10-18)17(20)21/h3-6,12,14,16,19H,7-11H2,1-2H3,(H,20,21). The molecule has 0 radical (unpaired) electrons. The van der Waals surface area contributed by atoms with E-state index in [1.165, 1.54) is 0 Å². The van der Waals surface area contributed by atoms with Crippen molar-refractivity contribution in [2.75, 3.05) is 19.6 Å². The van der Waals surface area contributed by atoms with Crippen molar-refractivity contribution >= 4 is 5.97 Å². The van der Waals surface area contributed by atoms with Gasteiger partial charge in [0.2, 0.25) is 0 Å². The number of hydrogen-bond acceptors (Lipinski definition) is 4. The number of likely N-dealkylation sites (tertiary alicyclic amines) is 1. The molecule has 0 aliphatic carbocycles. The van der Waals surface area contributed by atoms with Gasteiger partial charge >= 0.3 is 5.97 Å². The Labute approximate surface area is 131 Å². The van der Waals surface area contributed by atoms with E-state index < -0.39 is 12.1 Å². The number of benzene rings is 1. The van der Waals surface area contributed by atoms with E-state index in [4.69, 9.17) is 9.84 Å². The molecule has 1 atom stereocenters. The molecule has 1 aliphatic rings. The van der Waals surface area contributed by atoms with Crippen LogP contribution in [0.5, 0.6) is 5.75 Å². The predicted octanol–water partition coefficient (Wildman–Crippen LogP) is 2.30. The van der Waals surface area contributed by atoms with Crippen LogP contribution in [-0.4, -0.2) is 46.8 Å². The van der Waals surface area contributed by atoms with Crippen LogP contribution in [0.3, 0.4) is 0 Å². The Bertz CT molecular complexity index is 478. The van der Waals surface area contributed by atoms with Crippen LogP contribution >= 0.6 is 0 Å². The zero-order valence-electron chi connectivity index (χ0n) is 13.2. The summed E-state index contributed by atoms with van der Waals surface area (Å²) in [5.74, 6) is -0.143. The lowest BCUT2D eigenvalue weighted by atomic mass is 9.96. The first kappa shape index (κ1) is 16.8. The largest absolute Gasteiger partial charge is 0.491 e. The highest BCUT2D eigenvalue weighted by molar-refractivity contribution is 5.70. The lowest BCUT2D eigenvalue weighted by Crippen LogP contribution is -2.38. The molecule has 1 aromatic rings. The molecule has 0 bridgehead atoms. The first-order valence-electron chi connectivity index (χ1n) is 7.85. The van der Waals surface area contributed by atoms with Crippen molar-refractivity contribution in [3.8, 4) is 5.75 Å². The molecular formula is C17H25NO4. The summed E-state index contributed by atoms with van der Waals surface area (Å²) in [5.41, 5.74) is 0.858. The summed E-state index contributed by atoms with van der Waals surface area (Å²) in [5, 5.41) is 19.3. The smallest absolute Gasteiger partial charge is 0.306 e. The third-order valence-corrected chi connectivity index (χ3v) is 4.00. The maximum absolute atomic E-state index is 10.9. The van der Waals surface area contributed by atoms with Gasteiger partial charge in [0, 0.05) is 6.54 Å². The van der Waals surface area contributed by atoms with Crippen molar-refractivity contribution in [2.24, 2.45) is 5.92 Å². The van der Waals surface area contributed by atoms with Gasteiger partial charge in [0.25, 0.3) is 0 Å². The van der Waals surface area contributed by atoms with E-state index >= 15 is 0 Å². The van der Waals surface area contributed by atoms with E-state index in [0.717, 1.165) is 24.4 Å². The van der Waals surface area contributed by atoms with Gasteiger partial charge in [-0.25, -0.2) is 0 Å². The SMILES string of the molecule is CC(C)Oc1ccc(C(O)CN2CCC(C(=O)O)CC2)cc1. The first-order valence-corrected chi connectivity index (χ1v) is 7.85. The van der Waals surface area contributed by atoms with Crippen LogP contribution in [-0.2, 0) is 4.79 Å². The van der Waals surface area contributed by atoms with E-state index in [9.17, 15) is 9.90 Å². The second kappa shape index (κ2) is 7.61. The molecule has 2 rings (SSSR count). The van der Waals surface area contributed by atoms with Gasteiger partial charge in [-0.2, -0.15) is 0 Å². The maximum Gasteiger partial charge on any atom is 0.306 e. The van der Waals surface area contributed by atoms with Gasteiger partial charge in [-0.05, 0) is 57.5 Å².